The molecule has 0 amide bonds. The van der Waals surface area contributed by atoms with Crippen LogP contribution in [-0.4, -0.2) is 22.6 Å². The number of aromatic hydroxyl groups is 1. The van der Waals surface area contributed by atoms with Gasteiger partial charge in [0.05, 0.1) is 12.7 Å². The first-order valence-corrected chi connectivity index (χ1v) is 10.5. The number of phenolic OH excluding ortho intramolecular Hbond substituents is 1. The number of phenols is 1. The number of ether oxygens (including phenoxy) is 1. The van der Waals surface area contributed by atoms with Crippen LogP contribution in [0, 0.1) is 16.7 Å². The van der Waals surface area contributed by atoms with Gasteiger partial charge in [0, 0.05) is 40.9 Å². The van der Waals surface area contributed by atoms with E-state index in [9.17, 15) is 15.2 Å². The lowest BCUT2D eigenvalue weighted by Crippen LogP contribution is -2.35. The van der Waals surface area contributed by atoms with Crippen molar-refractivity contribution in [1.82, 2.24) is 4.57 Å². The Morgan fingerprint density at radius 2 is 2.00 bits per heavy atom. The highest BCUT2D eigenvalue weighted by molar-refractivity contribution is 6.01. The summed E-state index contributed by atoms with van der Waals surface area (Å²) < 4.78 is 7.42. The predicted molar refractivity (Wildman–Crippen MR) is 119 cm³/mol. The third kappa shape index (κ3) is 3.38. The molecule has 1 aliphatic carbocycles. The summed E-state index contributed by atoms with van der Waals surface area (Å²) in [5.41, 5.74) is 3.39. The highest BCUT2D eigenvalue weighted by Crippen LogP contribution is 2.51. The van der Waals surface area contributed by atoms with E-state index in [-0.39, 0.29) is 22.5 Å². The second-order valence-electron chi connectivity index (χ2n) is 10.3. The first-order chi connectivity index (χ1) is 14.5. The zero-order chi connectivity index (χ0) is 22.7. The van der Waals surface area contributed by atoms with E-state index in [4.69, 9.17) is 4.74 Å². The molecule has 2 heterocycles. The topological polar surface area (TPSA) is 87.3 Å². The summed E-state index contributed by atoms with van der Waals surface area (Å²) in [5.74, 6) is 0.928. The van der Waals surface area contributed by atoms with Crippen LogP contribution in [0.1, 0.15) is 70.1 Å². The summed E-state index contributed by atoms with van der Waals surface area (Å²) in [5, 5.41) is 23.6. The molecule has 4 rings (SSSR count). The standard InChI is InChI=1S/C25H29N3O3/c1-24(2,3)28-13-15(12-26)21-20(14-7-8-17(29)19(9-14)31-6)22-16(27-23(21)28)10-25(4,5)11-18(22)30/h7-9,13,20,27,29H,10-11H2,1-6H3/t20-/m1/s1. The van der Waals surface area contributed by atoms with E-state index in [1.165, 1.54) is 7.11 Å². The van der Waals surface area contributed by atoms with Gasteiger partial charge in [0.15, 0.2) is 17.3 Å². The highest BCUT2D eigenvalue weighted by Gasteiger charge is 2.43. The van der Waals surface area contributed by atoms with Crippen molar-refractivity contribution in [2.45, 2.75) is 58.9 Å². The van der Waals surface area contributed by atoms with Gasteiger partial charge in [-0.3, -0.25) is 4.79 Å². The number of aromatic nitrogens is 1. The molecular weight excluding hydrogens is 390 g/mol. The van der Waals surface area contributed by atoms with Crippen molar-refractivity contribution in [1.29, 1.82) is 5.26 Å². The van der Waals surface area contributed by atoms with Gasteiger partial charge >= 0.3 is 0 Å². The molecule has 1 aromatic heterocycles. The number of methoxy groups -OCH3 is 1. The van der Waals surface area contributed by atoms with E-state index >= 15 is 0 Å². The van der Waals surface area contributed by atoms with Crippen LogP contribution >= 0.6 is 0 Å². The fourth-order valence-electron chi connectivity index (χ4n) is 4.83. The van der Waals surface area contributed by atoms with Gasteiger partial charge in [-0.1, -0.05) is 19.9 Å². The van der Waals surface area contributed by atoms with E-state index in [0.29, 0.717) is 23.3 Å². The Morgan fingerprint density at radius 3 is 2.61 bits per heavy atom. The molecule has 1 aliphatic heterocycles. The normalized spacial score (nSPS) is 19.9. The number of allylic oxidation sites excluding steroid dienone is 2. The van der Waals surface area contributed by atoms with Gasteiger partial charge in [-0.2, -0.15) is 5.26 Å². The van der Waals surface area contributed by atoms with Crippen molar-refractivity contribution in [2.24, 2.45) is 5.41 Å². The molecule has 6 heteroatoms. The number of nitrogens with one attached hydrogen (secondary N) is 1. The minimum Gasteiger partial charge on any atom is -0.504 e. The summed E-state index contributed by atoms with van der Waals surface area (Å²) in [6.07, 6.45) is 3.07. The predicted octanol–water partition coefficient (Wildman–Crippen LogP) is 5.03. The van der Waals surface area contributed by atoms with Crippen molar-refractivity contribution in [3.8, 4) is 17.6 Å². The molecule has 1 aromatic carbocycles. The van der Waals surface area contributed by atoms with Crippen molar-refractivity contribution in [3.05, 3.63) is 52.4 Å². The number of nitrogens with zero attached hydrogens (tertiary/aromatic N) is 2. The Balaban J connectivity index is 2.04. The second kappa shape index (κ2) is 6.91. The van der Waals surface area contributed by atoms with Gasteiger partial charge in [-0.05, 0) is 50.3 Å². The van der Waals surface area contributed by atoms with Crippen LogP contribution in [0.4, 0.5) is 5.82 Å². The molecule has 0 radical (unpaired) electrons. The Kier molecular flexibility index (Phi) is 4.69. The molecular formula is C25H29N3O3. The van der Waals surface area contributed by atoms with E-state index in [0.717, 1.165) is 29.1 Å². The molecule has 162 valence electrons. The Labute approximate surface area is 183 Å². The van der Waals surface area contributed by atoms with E-state index < -0.39 is 5.92 Å². The molecule has 0 saturated carbocycles. The summed E-state index contributed by atoms with van der Waals surface area (Å²) in [6, 6.07) is 7.50. The maximum atomic E-state index is 13.4. The number of carbonyl (C=O) groups is 1. The molecule has 31 heavy (non-hydrogen) atoms. The highest BCUT2D eigenvalue weighted by atomic mass is 16.5. The van der Waals surface area contributed by atoms with Gasteiger partial charge in [-0.25, -0.2) is 0 Å². The number of carbonyl (C=O) groups excluding carboxylic acids is 1. The maximum absolute atomic E-state index is 13.4. The number of rotatable bonds is 2. The van der Waals surface area contributed by atoms with E-state index in [1.807, 2.05) is 12.3 Å². The first kappa shape index (κ1) is 21.0. The summed E-state index contributed by atoms with van der Waals surface area (Å²) in [6.45, 7) is 10.5. The largest absolute Gasteiger partial charge is 0.504 e. The molecule has 2 N–H and O–H groups in total. The lowest BCUT2D eigenvalue weighted by atomic mass is 9.69. The number of Topliss-reactive ketones (excluding diaryl/α,β-unsaturated/α-hetero) is 1. The van der Waals surface area contributed by atoms with Crippen molar-refractivity contribution in [2.75, 3.05) is 12.4 Å². The number of nitriles is 1. The minimum atomic E-state index is -0.400. The summed E-state index contributed by atoms with van der Waals surface area (Å²) in [4.78, 5) is 13.4. The van der Waals surface area contributed by atoms with Crippen molar-refractivity contribution < 1.29 is 14.6 Å². The van der Waals surface area contributed by atoms with Gasteiger partial charge in [0.1, 0.15) is 11.9 Å². The summed E-state index contributed by atoms with van der Waals surface area (Å²) >= 11 is 0. The smallest absolute Gasteiger partial charge is 0.162 e. The first-order valence-electron chi connectivity index (χ1n) is 10.5. The number of fused-ring (bicyclic) bond motifs is 1. The fourth-order valence-corrected chi connectivity index (χ4v) is 4.83. The van der Waals surface area contributed by atoms with Crippen LogP contribution in [0.15, 0.2) is 35.7 Å². The lowest BCUT2D eigenvalue weighted by Gasteiger charge is -2.40. The van der Waals surface area contributed by atoms with Crippen LogP contribution in [0.2, 0.25) is 0 Å². The molecule has 0 saturated heterocycles. The zero-order valence-electron chi connectivity index (χ0n) is 19.0. The monoisotopic (exact) mass is 419 g/mol. The number of hydrogen-bond donors (Lipinski definition) is 2. The van der Waals surface area contributed by atoms with Gasteiger partial charge in [0.25, 0.3) is 0 Å². The Hall–Kier alpha value is -3.20. The number of benzene rings is 1. The molecule has 0 fully saturated rings. The zero-order valence-corrected chi connectivity index (χ0v) is 19.0. The molecule has 1 atom stereocenters. The summed E-state index contributed by atoms with van der Waals surface area (Å²) in [7, 11) is 1.50. The molecule has 0 spiro atoms. The van der Waals surface area contributed by atoms with Crippen molar-refractivity contribution in [3.63, 3.8) is 0 Å². The molecule has 6 nitrogen and oxygen atoms in total. The fraction of sp³-hybridized carbons (Fsp3) is 0.440. The third-order valence-electron chi connectivity index (χ3n) is 6.19. The van der Waals surface area contributed by atoms with Crippen LogP contribution in [-0.2, 0) is 10.3 Å². The van der Waals surface area contributed by atoms with Crippen LogP contribution < -0.4 is 10.1 Å². The van der Waals surface area contributed by atoms with Crippen LogP contribution in [0.5, 0.6) is 11.5 Å². The van der Waals surface area contributed by atoms with Gasteiger partial charge in [-0.15, -0.1) is 0 Å². The Morgan fingerprint density at radius 1 is 1.29 bits per heavy atom. The SMILES string of the molecule is COc1cc([C@H]2C3=C(CC(C)(C)CC3=O)Nc3c2c(C#N)cn3C(C)(C)C)ccc1O. The average Bonchev–Trinajstić information content (AvgIpc) is 3.04. The average molecular weight is 420 g/mol. The minimum absolute atomic E-state index is 0.0403. The van der Waals surface area contributed by atoms with Crippen molar-refractivity contribution >= 4 is 11.6 Å². The lowest BCUT2D eigenvalue weighted by molar-refractivity contribution is -0.118. The third-order valence-corrected chi connectivity index (χ3v) is 6.19. The van der Waals surface area contributed by atoms with E-state index in [2.05, 4.69) is 50.6 Å². The van der Waals surface area contributed by atoms with Crippen LogP contribution in [0.25, 0.3) is 0 Å². The van der Waals surface area contributed by atoms with Gasteiger partial charge < -0.3 is 19.7 Å². The maximum Gasteiger partial charge on any atom is 0.162 e. The number of hydrogen-bond acceptors (Lipinski definition) is 5. The Bertz CT molecular complexity index is 1160. The molecule has 2 aromatic rings. The van der Waals surface area contributed by atoms with E-state index in [1.54, 1.807) is 12.1 Å². The quantitative estimate of drug-likeness (QED) is 0.713. The van der Waals surface area contributed by atoms with Gasteiger partial charge in [0.2, 0.25) is 0 Å². The second-order valence-corrected chi connectivity index (χ2v) is 10.3. The molecule has 0 unspecified atom stereocenters. The number of ketones is 1. The number of anilines is 1. The van der Waals surface area contributed by atoms with Crippen LogP contribution in [0.3, 0.4) is 0 Å². The molecule has 2 aliphatic rings. The molecule has 0 bridgehead atoms.